The van der Waals surface area contributed by atoms with Crippen molar-refractivity contribution in [2.45, 2.75) is 19.9 Å². The number of ether oxygens (including phenoxy) is 1. The van der Waals surface area contributed by atoms with Gasteiger partial charge in [0.15, 0.2) is 5.96 Å². The van der Waals surface area contributed by atoms with Gasteiger partial charge in [-0.3, -0.25) is 4.79 Å². The maximum Gasteiger partial charge on any atom is 0.243 e. The summed E-state index contributed by atoms with van der Waals surface area (Å²) < 4.78 is 10.6. The van der Waals surface area contributed by atoms with Crippen LogP contribution in [0.1, 0.15) is 19.1 Å². The van der Waals surface area contributed by atoms with E-state index in [9.17, 15) is 4.79 Å². The van der Waals surface area contributed by atoms with Crippen molar-refractivity contribution in [2.75, 3.05) is 40.4 Å². The fraction of sp³-hybridized carbons (Fsp3) is 0.600. The third-order valence-corrected chi connectivity index (χ3v) is 2.84. The standard InChI is InChI=1S/C15H26N4O3.HI/c1-4-21-9-6-8-16-15(18-12-14(20)19(2)3)17-11-13-7-5-10-22-13;/h5,7,10H,4,6,8-9,11-12H2,1-3H3,(H2,16,17,18);1H. The predicted octanol–water partition coefficient (Wildman–Crippen LogP) is 1.45. The fourth-order valence-corrected chi connectivity index (χ4v) is 1.57. The zero-order valence-corrected chi connectivity index (χ0v) is 16.3. The first-order valence-electron chi connectivity index (χ1n) is 7.46. The summed E-state index contributed by atoms with van der Waals surface area (Å²) in [6, 6.07) is 3.71. The lowest BCUT2D eigenvalue weighted by Crippen LogP contribution is -2.38. The predicted molar refractivity (Wildman–Crippen MR) is 101 cm³/mol. The Morgan fingerprint density at radius 2 is 2.17 bits per heavy atom. The van der Waals surface area contributed by atoms with E-state index in [1.165, 1.54) is 4.90 Å². The smallest absolute Gasteiger partial charge is 0.243 e. The maximum atomic E-state index is 11.6. The highest BCUT2D eigenvalue weighted by atomic mass is 127. The van der Waals surface area contributed by atoms with Gasteiger partial charge in [-0.15, -0.1) is 24.0 Å². The van der Waals surface area contributed by atoms with Crippen LogP contribution in [0.25, 0.3) is 0 Å². The molecule has 2 N–H and O–H groups in total. The Labute approximate surface area is 154 Å². The first-order valence-corrected chi connectivity index (χ1v) is 7.46. The number of aliphatic imine (C=N–C) groups is 1. The Bertz CT molecular complexity index is 450. The third-order valence-electron chi connectivity index (χ3n) is 2.84. The van der Waals surface area contributed by atoms with Gasteiger partial charge in [0.25, 0.3) is 0 Å². The summed E-state index contributed by atoms with van der Waals surface area (Å²) in [5, 5.41) is 6.32. The Morgan fingerprint density at radius 3 is 2.78 bits per heavy atom. The van der Waals surface area contributed by atoms with Gasteiger partial charge in [-0.05, 0) is 25.5 Å². The van der Waals surface area contributed by atoms with Crippen molar-refractivity contribution in [3.05, 3.63) is 24.2 Å². The van der Waals surface area contributed by atoms with Crippen molar-refractivity contribution in [2.24, 2.45) is 4.99 Å². The molecule has 0 aliphatic heterocycles. The fourth-order valence-electron chi connectivity index (χ4n) is 1.57. The lowest BCUT2D eigenvalue weighted by atomic mass is 10.4. The molecular weight excluding hydrogens is 411 g/mol. The Hall–Kier alpha value is -1.29. The molecule has 0 bridgehead atoms. The molecule has 0 fully saturated rings. The normalized spacial score (nSPS) is 10.8. The van der Waals surface area contributed by atoms with E-state index < -0.39 is 0 Å². The molecular formula is C15H27IN4O3. The van der Waals surface area contributed by atoms with Crippen LogP contribution in [-0.2, 0) is 16.1 Å². The highest BCUT2D eigenvalue weighted by molar-refractivity contribution is 14.0. The molecule has 0 aliphatic rings. The van der Waals surface area contributed by atoms with Gasteiger partial charge >= 0.3 is 0 Å². The Kier molecular flexibility index (Phi) is 12.4. The summed E-state index contributed by atoms with van der Waals surface area (Å²) in [4.78, 5) is 17.4. The van der Waals surface area contributed by atoms with Crippen LogP contribution in [0.15, 0.2) is 27.8 Å². The summed E-state index contributed by atoms with van der Waals surface area (Å²) in [7, 11) is 3.42. The maximum absolute atomic E-state index is 11.6. The second kappa shape index (κ2) is 13.2. The molecule has 7 nitrogen and oxygen atoms in total. The number of hydrogen-bond donors (Lipinski definition) is 2. The van der Waals surface area contributed by atoms with Crippen LogP contribution in [0, 0.1) is 0 Å². The second-order valence-corrected chi connectivity index (χ2v) is 4.86. The molecule has 1 aromatic rings. The Morgan fingerprint density at radius 1 is 1.39 bits per heavy atom. The minimum Gasteiger partial charge on any atom is -0.467 e. The molecule has 8 heteroatoms. The number of nitrogens with zero attached hydrogens (tertiary/aromatic N) is 2. The first-order chi connectivity index (χ1) is 10.6. The van der Waals surface area contributed by atoms with Gasteiger partial charge < -0.3 is 24.7 Å². The summed E-state index contributed by atoms with van der Waals surface area (Å²) in [5.74, 6) is 1.35. The second-order valence-electron chi connectivity index (χ2n) is 4.86. The monoisotopic (exact) mass is 438 g/mol. The summed E-state index contributed by atoms with van der Waals surface area (Å²) in [6.07, 6.45) is 2.50. The molecule has 0 aromatic carbocycles. The number of amides is 1. The molecule has 0 saturated carbocycles. The highest BCUT2D eigenvalue weighted by Crippen LogP contribution is 1.98. The van der Waals surface area contributed by atoms with E-state index in [0.717, 1.165) is 25.3 Å². The number of likely N-dealkylation sites (N-methyl/N-ethyl adjacent to an activating group) is 1. The molecule has 0 saturated heterocycles. The zero-order valence-electron chi connectivity index (χ0n) is 14.0. The van der Waals surface area contributed by atoms with Crippen molar-refractivity contribution < 1.29 is 13.9 Å². The van der Waals surface area contributed by atoms with Gasteiger partial charge in [0, 0.05) is 33.9 Å². The van der Waals surface area contributed by atoms with Crippen molar-refractivity contribution in [3.8, 4) is 0 Å². The third kappa shape index (κ3) is 10.2. The Balaban J connectivity index is 0.00000484. The molecule has 132 valence electrons. The molecule has 0 spiro atoms. The van der Waals surface area contributed by atoms with Crippen LogP contribution < -0.4 is 10.6 Å². The SMILES string of the molecule is CCOCCCNC(=NCC(=O)N(C)C)NCc1ccco1.I. The van der Waals surface area contributed by atoms with E-state index in [2.05, 4.69) is 15.6 Å². The number of rotatable bonds is 9. The van der Waals surface area contributed by atoms with Gasteiger partial charge in [-0.2, -0.15) is 0 Å². The lowest BCUT2D eigenvalue weighted by Gasteiger charge is -2.13. The minimum absolute atomic E-state index is 0. The van der Waals surface area contributed by atoms with Gasteiger partial charge in [0.2, 0.25) is 5.91 Å². The average Bonchev–Trinajstić information content (AvgIpc) is 3.01. The molecule has 0 radical (unpaired) electrons. The molecule has 0 atom stereocenters. The summed E-state index contributed by atoms with van der Waals surface area (Å²) in [6.45, 7) is 4.73. The van der Waals surface area contributed by atoms with Crippen LogP contribution in [0.3, 0.4) is 0 Å². The number of carbonyl (C=O) groups is 1. The number of hydrogen-bond acceptors (Lipinski definition) is 4. The van der Waals surface area contributed by atoms with Gasteiger partial charge in [-0.25, -0.2) is 4.99 Å². The number of halogens is 1. The van der Waals surface area contributed by atoms with Gasteiger partial charge in [-0.1, -0.05) is 0 Å². The van der Waals surface area contributed by atoms with Crippen LogP contribution in [-0.4, -0.2) is 57.2 Å². The van der Waals surface area contributed by atoms with E-state index in [1.54, 1.807) is 20.4 Å². The van der Waals surface area contributed by atoms with Gasteiger partial charge in [0.1, 0.15) is 12.3 Å². The summed E-state index contributed by atoms with van der Waals surface area (Å²) >= 11 is 0. The van der Waals surface area contributed by atoms with E-state index in [-0.39, 0.29) is 36.4 Å². The topological polar surface area (TPSA) is 79.1 Å². The minimum atomic E-state index is -0.0478. The quantitative estimate of drug-likeness (QED) is 0.264. The highest BCUT2D eigenvalue weighted by Gasteiger charge is 2.05. The molecule has 23 heavy (non-hydrogen) atoms. The molecule has 0 aliphatic carbocycles. The van der Waals surface area contributed by atoms with Crippen molar-refractivity contribution in [1.82, 2.24) is 15.5 Å². The van der Waals surface area contributed by atoms with E-state index >= 15 is 0 Å². The van der Waals surface area contributed by atoms with Crippen LogP contribution >= 0.6 is 24.0 Å². The molecule has 1 aromatic heterocycles. The van der Waals surface area contributed by atoms with Crippen molar-refractivity contribution >= 4 is 35.8 Å². The number of furan rings is 1. The largest absolute Gasteiger partial charge is 0.467 e. The lowest BCUT2D eigenvalue weighted by molar-refractivity contribution is -0.127. The van der Waals surface area contributed by atoms with Gasteiger partial charge in [0.05, 0.1) is 12.8 Å². The van der Waals surface area contributed by atoms with Crippen LogP contribution in [0.2, 0.25) is 0 Å². The van der Waals surface area contributed by atoms with E-state index in [0.29, 0.717) is 19.1 Å². The molecule has 1 rings (SSSR count). The van der Waals surface area contributed by atoms with Crippen LogP contribution in [0.5, 0.6) is 0 Å². The molecule has 1 amide bonds. The number of carbonyl (C=O) groups excluding carboxylic acids is 1. The zero-order chi connectivity index (χ0) is 16.2. The molecule has 1 heterocycles. The van der Waals surface area contributed by atoms with Crippen molar-refractivity contribution in [3.63, 3.8) is 0 Å². The number of nitrogens with one attached hydrogen (secondary N) is 2. The van der Waals surface area contributed by atoms with Crippen molar-refractivity contribution in [1.29, 1.82) is 0 Å². The molecule has 0 unspecified atom stereocenters. The van der Waals surface area contributed by atoms with Crippen LogP contribution in [0.4, 0.5) is 0 Å². The summed E-state index contributed by atoms with van der Waals surface area (Å²) in [5.41, 5.74) is 0. The van der Waals surface area contributed by atoms with E-state index in [1.807, 2.05) is 19.1 Å². The average molecular weight is 438 g/mol. The number of guanidine groups is 1. The van der Waals surface area contributed by atoms with E-state index in [4.69, 9.17) is 9.15 Å². The first kappa shape index (κ1) is 21.7.